The fourth-order valence-corrected chi connectivity index (χ4v) is 5.05. The van der Waals surface area contributed by atoms with Crippen LogP contribution in [0.3, 0.4) is 0 Å². The van der Waals surface area contributed by atoms with E-state index in [1.54, 1.807) is 19.2 Å². The molecule has 0 spiro atoms. The van der Waals surface area contributed by atoms with Crippen LogP contribution in [-0.2, 0) is 12.8 Å². The minimum Gasteiger partial charge on any atom is -0.496 e. The Hall–Kier alpha value is -3.16. The zero-order valence-electron chi connectivity index (χ0n) is 22.1. The first-order chi connectivity index (χ1) is 17.3. The van der Waals surface area contributed by atoms with Gasteiger partial charge in [0.25, 0.3) is 0 Å². The molecule has 0 atom stereocenters. The van der Waals surface area contributed by atoms with Gasteiger partial charge in [0.2, 0.25) is 0 Å². The van der Waals surface area contributed by atoms with Gasteiger partial charge < -0.3 is 24.7 Å². The van der Waals surface area contributed by atoms with E-state index in [0.717, 1.165) is 66.6 Å². The van der Waals surface area contributed by atoms with Crippen LogP contribution in [0.25, 0.3) is 21.5 Å². The van der Waals surface area contributed by atoms with E-state index in [0.29, 0.717) is 29.5 Å². The molecule has 0 heterocycles. The SMILES string of the molecule is CCN(CC)CCc1cc2c(cc(OC)c3cc(C(=O)O)ccc32)c(CCN(CC)CC)c1C(=O)O. The Morgan fingerprint density at radius 2 is 1.36 bits per heavy atom. The molecule has 0 saturated heterocycles. The average molecular weight is 495 g/mol. The number of benzene rings is 3. The van der Waals surface area contributed by atoms with Crippen molar-refractivity contribution in [2.75, 3.05) is 46.4 Å². The van der Waals surface area contributed by atoms with Crippen LogP contribution in [0, 0.1) is 0 Å². The van der Waals surface area contributed by atoms with Gasteiger partial charge in [0, 0.05) is 18.5 Å². The van der Waals surface area contributed by atoms with Crippen molar-refractivity contribution in [2.45, 2.75) is 40.5 Å². The van der Waals surface area contributed by atoms with Gasteiger partial charge in [-0.3, -0.25) is 0 Å². The fourth-order valence-electron chi connectivity index (χ4n) is 5.05. The van der Waals surface area contributed by atoms with Crippen molar-refractivity contribution in [3.8, 4) is 5.75 Å². The number of rotatable bonds is 13. The number of hydrogen-bond acceptors (Lipinski definition) is 5. The Morgan fingerprint density at radius 1 is 0.750 bits per heavy atom. The van der Waals surface area contributed by atoms with E-state index in [-0.39, 0.29) is 5.56 Å². The maximum atomic E-state index is 12.7. The molecule has 0 amide bonds. The number of carbonyl (C=O) groups is 2. The van der Waals surface area contributed by atoms with Crippen LogP contribution < -0.4 is 4.74 Å². The molecule has 0 aliphatic carbocycles. The number of carboxylic acid groups (broad SMARTS) is 2. The lowest BCUT2D eigenvalue weighted by Crippen LogP contribution is -2.27. The van der Waals surface area contributed by atoms with E-state index in [1.165, 1.54) is 0 Å². The molecule has 7 heteroatoms. The lowest BCUT2D eigenvalue weighted by atomic mass is 9.87. The fraction of sp³-hybridized carbons (Fsp3) is 0.448. The third kappa shape index (κ3) is 5.63. The van der Waals surface area contributed by atoms with Gasteiger partial charge in [0.05, 0.1) is 18.2 Å². The quantitative estimate of drug-likeness (QED) is 0.317. The Morgan fingerprint density at radius 3 is 1.89 bits per heavy atom. The molecule has 0 saturated carbocycles. The number of likely N-dealkylation sites (N-methyl/N-ethyl adjacent to an activating group) is 2. The summed E-state index contributed by atoms with van der Waals surface area (Å²) in [6.07, 6.45) is 1.22. The van der Waals surface area contributed by atoms with Crippen LogP contribution in [0.15, 0.2) is 30.3 Å². The molecule has 194 valence electrons. The van der Waals surface area contributed by atoms with Gasteiger partial charge in [0.15, 0.2) is 0 Å². The summed E-state index contributed by atoms with van der Waals surface area (Å²) in [6.45, 7) is 13.5. The summed E-state index contributed by atoms with van der Waals surface area (Å²) in [4.78, 5) is 28.9. The first-order valence-electron chi connectivity index (χ1n) is 12.8. The van der Waals surface area contributed by atoms with Gasteiger partial charge in [-0.15, -0.1) is 0 Å². The molecule has 0 bridgehead atoms. The maximum absolute atomic E-state index is 12.7. The van der Waals surface area contributed by atoms with Crippen LogP contribution in [0.1, 0.15) is 59.5 Å². The number of methoxy groups -OCH3 is 1. The predicted molar refractivity (Wildman–Crippen MR) is 145 cm³/mol. The van der Waals surface area contributed by atoms with Crippen molar-refractivity contribution >= 4 is 33.5 Å². The molecule has 0 aliphatic rings. The highest BCUT2D eigenvalue weighted by atomic mass is 16.5. The maximum Gasteiger partial charge on any atom is 0.336 e. The van der Waals surface area contributed by atoms with E-state index in [2.05, 4.69) is 37.5 Å². The van der Waals surface area contributed by atoms with Crippen molar-refractivity contribution in [3.05, 3.63) is 52.6 Å². The van der Waals surface area contributed by atoms with Crippen molar-refractivity contribution < 1.29 is 24.5 Å². The van der Waals surface area contributed by atoms with Crippen LogP contribution >= 0.6 is 0 Å². The van der Waals surface area contributed by atoms with Gasteiger partial charge in [-0.1, -0.05) is 33.8 Å². The van der Waals surface area contributed by atoms with E-state index in [9.17, 15) is 19.8 Å². The summed E-state index contributed by atoms with van der Waals surface area (Å²) in [7, 11) is 1.56. The largest absolute Gasteiger partial charge is 0.496 e. The Balaban J connectivity index is 2.35. The average Bonchev–Trinajstić information content (AvgIpc) is 2.88. The monoisotopic (exact) mass is 494 g/mol. The van der Waals surface area contributed by atoms with Crippen LogP contribution in [0.5, 0.6) is 5.75 Å². The van der Waals surface area contributed by atoms with Gasteiger partial charge in [0.1, 0.15) is 5.75 Å². The topological polar surface area (TPSA) is 90.3 Å². The van der Waals surface area contributed by atoms with E-state index in [4.69, 9.17) is 4.74 Å². The Kier molecular flexibility index (Phi) is 9.29. The highest BCUT2D eigenvalue weighted by Crippen LogP contribution is 2.38. The van der Waals surface area contributed by atoms with Crippen LogP contribution in [0.2, 0.25) is 0 Å². The number of fused-ring (bicyclic) bond motifs is 3. The van der Waals surface area contributed by atoms with Gasteiger partial charge >= 0.3 is 11.9 Å². The molecule has 0 aliphatic heterocycles. The van der Waals surface area contributed by atoms with Crippen molar-refractivity contribution in [3.63, 3.8) is 0 Å². The minimum atomic E-state index is -1.000. The highest BCUT2D eigenvalue weighted by Gasteiger charge is 2.22. The third-order valence-corrected chi connectivity index (χ3v) is 7.25. The smallest absolute Gasteiger partial charge is 0.336 e. The molecule has 36 heavy (non-hydrogen) atoms. The summed E-state index contributed by atoms with van der Waals surface area (Å²) < 4.78 is 5.67. The molecule has 7 nitrogen and oxygen atoms in total. The van der Waals surface area contributed by atoms with Gasteiger partial charge in [-0.05, 0) is 90.6 Å². The second-order valence-electron chi connectivity index (χ2n) is 8.99. The molecule has 0 fully saturated rings. The second kappa shape index (κ2) is 12.2. The van der Waals surface area contributed by atoms with E-state index >= 15 is 0 Å². The zero-order chi connectivity index (χ0) is 26.4. The number of hydrogen-bond donors (Lipinski definition) is 2. The third-order valence-electron chi connectivity index (χ3n) is 7.25. The van der Waals surface area contributed by atoms with E-state index < -0.39 is 11.9 Å². The number of ether oxygens (including phenoxy) is 1. The Labute approximate surface area is 213 Å². The van der Waals surface area contributed by atoms with E-state index in [1.807, 2.05) is 18.2 Å². The van der Waals surface area contributed by atoms with Gasteiger partial charge in [-0.25, -0.2) is 9.59 Å². The number of aromatic carboxylic acids is 2. The normalized spacial score (nSPS) is 11.6. The minimum absolute atomic E-state index is 0.186. The summed E-state index contributed by atoms with van der Waals surface area (Å²) in [5, 5.41) is 23.2. The number of carboxylic acids is 2. The molecule has 3 aromatic carbocycles. The molecular formula is C29H38N2O5. The van der Waals surface area contributed by atoms with Crippen molar-refractivity contribution in [1.82, 2.24) is 9.80 Å². The molecule has 0 aromatic heterocycles. The summed E-state index contributed by atoms with van der Waals surface area (Å²) in [6, 6.07) is 8.91. The second-order valence-corrected chi connectivity index (χ2v) is 8.99. The first-order valence-corrected chi connectivity index (χ1v) is 12.8. The van der Waals surface area contributed by atoms with Crippen LogP contribution in [0.4, 0.5) is 0 Å². The molecule has 0 unspecified atom stereocenters. The molecular weight excluding hydrogens is 456 g/mol. The predicted octanol–water partition coefficient (Wildman–Crippen LogP) is 5.17. The highest BCUT2D eigenvalue weighted by molar-refractivity contribution is 6.14. The lowest BCUT2D eigenvalue weighted by Gasteiger charge is -2.23. The molecule has 3 rings (SSSR count). The Bertz CT molecular complexity index is 1250. The standard InChI is InChI=1S/C29H38N2O5/c1-6-30(7-2)14-12-19-16-23-21-11-10-20(28(32)33)17-25(21)26(36-5)18-24(23)22(27(19)29(34)35)13-15-31(8-3)9-4/h10-11,16-18H,6-9,12-15H2,1-5H3,(H,32,33)(H,34,35). The lowest BCUT2D eigenvalue weighted by molar-refractivity contribution is 0.0684. The summed E-state index contributed by atoms with van der Waals surface area (Å²) >= 11 is 0. The van der Waals surface area contributed by atoms with Crippen LogP contribution in [-0.4, -0.2) is 78.3 Å². The van der Waals surface area contributed by atoms with Crippen molar-refractivity contribution in [2.24, 2.45) is 0 Å². The molecule has 2 N–H and O–H groups in total. The number of nitrogens with zero attached hydrogens (tertiary/aromatic N) is 2. The van der Waals surface area contributed by atoms with Gasteiger partial charge in [-0.2, -0.15) is 0 Å². The molecule has 0 radical (unpaired) electrons. The summed E-state index contributed by atoms with van der Waals surface area (Å²) in [5.41, 5.74) is 2.19. The first kappa shape index (κ1) is 27.4. The molecule has 3 aromatic rings. The summed E-state index contributed by atoms with van der Waals surface area (Å²) in [5.74, 6) is -1.38. The zero-order valence-corrected chi connectivity index (χ0v) is 22.1. The van der Waals surface area contributed by atoms with Crippen molar-refractivity contribution in [1.29, 1.82) is 0 Å².